The quantitative estimate of drug-likeness (QED) is 0.808. The molecule has 24 heavy (non-hydrogen) atoms. The van der Waals surface area contributed by atoms with Crippen LogP contribution in [0.2, 0.25) is 0 Å². The average Bonchev–Trinajstić information content (AvgIpc) is 2.83. The van der Waals surface area contributed by atoms with Gasteiger partial charge in [0.15, 0.2) is 0 Å². The van der Waals surface area contributed by atoms with E-state index in [-0.39, 0.29) is 22.2 Å². The molecule has 2 rings (SSSR count). The number of nitrogens with zero attached hydrogens (tertiary/aromatic N) is 2. The Hall–Kier alpha value is -1.41. The van der Waals surface area contributed by atoms with Crippen LogP contribution in [0.5, 0.6) is 0 Å². The Morgan fingerprint density at radius 3 is 2.58 bits per heavy atom. The highest BCUT2D eigenvalue weighted by molar-refractivity contribution is 9.10. The van der Waals surface area contributed by atoms with E-state index in [4.69, 9.17) is 0 Å². The fourth-order valence-electron chi connectivity index (χ4n) is 2.40. The fraction of sp³-hybridized carbons (Fsp3) is 0.500. The number of carbonyl (C=O) groups is 1. The summed E-state index contributed by atoms with van der Waals surface area (Å²) in [7, 11) is 0. The third kappa shape index (κ3) is 3.64. The molecule has 0 radical (unpaired) electrons. The molecule has 0 fully saturated rings. The molecule has 0 unspecified atom stereocenters. The smallest absolute Gasteiger partial charge is 0.362 e. The number of alkyl halides is 3. The van der Waals surface area contributed by atoms with Crippen molar-refractivity contribution in [1.29, 1.82) is 0 Å². The van der Waals surface area contributed by atoms with Crippen LogP contribution in [0.3, 0.4) is 0 Å². The largest absolute Gasteiger partial charge is 0.438 e. The lowest BCUT2D eigenvalue weighted by Crippen LogP contribution is -2.56. The van der Waals surface area contributed by atoms with Gasteiger partial charge in [0.05, 0.1) is 5.56 Å². The molecule has 4 nitrogen and oxygen atoms in total. The van der Waals surface area contributed by atoms with Crippen molar-refractivity contribution in [2.45, 2.75) is 45.0 Å². The van der Waals surface area contributed by atoms with E-state index in [1.54, 1.807) is 12.1 Å². The number of hydrazone groups is 1. The number of amides is 1. The van der Waals surface area contributed by atoms with Gasteiger partial charge in [0, 0.05) is 16.6 Å². The summed E-state index contributed by atoms with van der Waals surface area (Å²) in [6.45, 7) is 3.88. The number of hydrogen-bond donors (Lipinski definition) is 1. The van der Waals surface area contributed by atoms with Gasteiger partial charge in [0.2, 0.25) is 0 Å². The second-order valence-corrected chi connectivity index (χ2v) is 7.04. The van der Waals surface area contributed by atoms with E-state index in [0.29, 0.717) is 17.3 Å². The molecular formula is C16H18BrF3N2O2. The number of benzene rings is 1. The van der Waals surface area contributed by atoms with E-state index < -0.39 is 24.2 Å². The number of hydrogen-bond acceptors (Lipinski definition) is 3. The normalized spacial score (nSPS) is 21.3. The first kappa shape index (κ1) is 18.9. The summed E-state index contributed by atoms with van der Waals surface area (Å²) in [5, 5.41) is 14.2. The second-order valence-electron chi connectivity index (χ2n) is 6.19. The first-order valence-corrected chi connectivity index (χ1v) is 8.30. The van der Waals surface area contributed by atoms with Gasteiger partial charge in [-0.3, -0.25) is 4.79 Å². The average molecular weight is 407 g/mol. The second kappa shape index (κ2) is 6.84. The first-order chi connectivity index (χ1) is 11.1. The van der Waals surface area contributed by atoms with Crippen molar-refractivity contribution in [1.82, 2.24) is 5.01 Å². The summed E-state index contributed by atoms with van der Waals surface area (Å²) in [6.07, 6.45) is -4.80. The minimum atomic E-state index is -5.01. The van der Waals surface area contributed by atoms with Crippen LogP contribution in [0.1, 0.15) is 43.5 Å². The Morgan fingerprint density at radius 1 is 1.42 bits per heavy atom. The van der Waals surface area contributed by atoms with Crippen LogP contribution in [-0.4, -0.2) is 33.6 Å². The standard InChI is InChI=1S/C16H18BrF3N2O2/c1-10(2)7-8-11-9-15(24,16(18,19)20)22(21-11)14(23)12-5-3-4-6-13(12)17/h3-6,10,24H,7-9H2,1-2H3/t15-/m0/s1. The van der Waals surface area contributed by atoms with Crippen LogP contribution >= 0.6 is 15.9 Å². The number of halogens is 4. The van der Waals surface area contributed by atoms with Gasteiger partial charge in [-0.15, -0.1) is 0 Å². The highest BCUT2D eigenvalue weighted by atomic mass is 79.9. The van der Waals surface area contributed by atoms with Crippen molar-refractivity contribution in [3.63, 3.8) is 0 Å². The Balaban J connectivity index is 2.38. The van der Waals surface area contributed by atoms with Gasteiger partial charge in [0.1, 0.15) is 0 Å². The van der Waals surface area contributed by atoms with Crippen LogP contribution in [0.25, 0.3) is 0 Å². The molecule has 8 heteroatoms. The fourth-order valence-corrected chi connectivity index (χ4v) is 2.85. The van der Waals surface area contributed by atoms with Crippen LogP contribution in [-0.2, 0) is 0 Å². The maximum atomic E-state index is 13.4. The predicted octanol–water partition coefficient (Wildman–Crippen LogP) is 4.34. The lowest BCUT2D eigenvalue weighted by Gasteiger charge is -2.32. The molecule has 0 aliphatic carbocycles. The first-order valence-electron chi connectivity index (χ1n) is 7.51. The number of aliphatic hydroxyl groups is 1. The van der Waals surface area contributed by atoms with E-state index in [2.05, 4.69) is 21.0 Å². The zero-order valence-electron chi connectivity index (χ0n) is 13.3. The van der Waals surface area contributed by atoms with Gasteiger partial charge in [-0.05, 0) is 46.8 Å². The van der Waals surface area contributed by atoms with E-state index in [0.717, 1.165) is 0 Å². The summed E-state index contributed by atoms with van der Waals surface area (Å²) < 4.78 is 40.6. The van der Waals surface area contributed by atoms with Crippen molar-refractivity contribution < 1.29 is 23.1 Å². The Kier molecular flexibility index (Phi) is 5.39. The number of rotatable bonds is 4. The summed E-state index contributed by atoms with van der Waals surface area (Å²) in [5.74, 6) is -0.721. The molecule has 1 atom stereocenters. The lowest BCUT2D eigenvalue weighted by atomic mass is 9.99. The van der Waals surface area contributed by atoms with Gasteiger partial charge in [-0.25, -0.2) is 0 Å². The summed E-state index contributed by atoms with van der Waals surface area (Å²) in [5.41, 5.74) is -3.14. The van der Waals surface area contributed by atoms with Gasteiger partial charge in [-0.2, -0.15) is 23.3 Å². The molecule has 1 aliphatic rings. The molecule has 1 amide bonds. The third-order valence-electron chi connectivity index (χ3n) is 3.80. The topological polar surface area (TPSA) is 52.9 Å². The molecule has 1 aromatic rings. The molecule has 0 saturated heterocycles. The molecular weight excluding hydrogens is 389 g/mol. The van der Waals surface area contributed by atoms with Crippen molar-refractivity contribution in [2.24, 2.45) is 11.0 Å². The molecule has 0 spiro atoms. The van der Waals surface area contributed by atoms with Crippen molar-refractivity contribution in [3.05, 3.63) is 34.3 Å². The Bertz CT molecular complexity index is 661. The SMILES string of the molecule is CC(C)CCC1=NN(C(=O)c2ccccc2Br)[C@@](O)(C(F)(F)F)C1. The minimum Gasteiger partial charge on any atom is -0.362 e. The van der Waals surface area contributed by atoms with E-state index in [1.165, 1.54) is 12.1 Å². The molecule has 132 valence electrons. The summed E-state index contributed by atoms with van der Waals surface area (Å²) in [4.78, 5) is 12.5. The van der Waals surface area contributed by atoms with Crippen molar-refractivity contribution >= 4 is 27.5 Å². The van der Waals surface area contributed by atoms with Crippen LogP contribution in [0, 0.1) is 5.92 Å². The zero-order chi connectivity index (χ0) is 18.1. The molecule has 1 aliphatic heterocycles. The highest BCUT2D eigenvalue weighted by Gasteiger charge is 2.63. The molecule has 1 heterocycles. The van der Waals surface area contributed by atoms with Crippen LogP contribution in [0.4, 0.5) is 13.2 Å². The summed E-state index contributed by atoms with van der Waals surface area (Å²) in [6, 6.07) is 6.09. The summed E-state index contributed by atoms with van der Waals surface area (Å²) >= 11 is 3.14. The van der Waals surface area contributed by atoms with E-state index >= 15 is 0 Å². The third-order valence-corrected chi connectivity index (χ3v) is 4.49. The van der Waals surface area contributed by atoms with Crippen LogP contribution < -0.4 is 0 Å². The molecule has 0 bridgehead atoms. The van der Waals surface area contributed by atoms with E-state index in [9.17, 15) is 23.1 Å². The Morgan fingerprint density at radius 2 is 2.04 bits per heavy atom. The lowest BCUT2D eigenvalue weighted by molar-refractivity contribution is -0.297. The molecule has 1 N–H and O–H groups in total. The Labute approximate surface area is 146 Å². The van der Waals surface area contributed by atoms with Crippen molar-refractivity contribution in [2.75, 3.05) is 0 Å². The molecule has 0 saturated carbocycles. The highest BCUT2D eigenvalue weighted by Crippen LogP contribution is 2.42. The predicted molar refractivity (Wildman–Crippen MR) is 87.4 cm³/mol. The van der Waals surface area contributed by atoms with Gasteiger partial charge >= 0.3 is 6.18 Å². The zero-order valence-corrected chi connectivity index (χ0v) is 14.9. The maximum Gasteiger partial charge on any atom is 0.438 e. The minimum absolute atomic E-state index is 0.00837. The van der Waals surface area contributed by atoms with Gasteiger partial charge in [-0.1, -0.05) is 26.0 Å². The van der Waals surface area contributed by atoms with E-state index in [1.807, 2.05) is 13.8 Å². The van der Waals surface area contributed by atoms with Gasteiger partial charge in [0.25, 0.3) is 11.6 Å². The monoisotopic (exact) mass is 406 g/mol. The van der Waals surface area contributed by atoms with Crippen LogP contribution in [0.15, 0.2) is 33.8 Å². The number of carbonyl (C=O) groups excluding carboxylic acids is 1. The maximum absolute atomic E-state index is 13.4. The molecule has 0 aromatic heterocycles. The van der Waals surface area contributed by atoms with Gasteiger partial charge < -0.3 is 5.11 Å². The molecule has 1 aromatic carbocycles. The van der Waals surface area contributed by atoms with Crippen molar-refractivity contribution in [3.8, 4) is 0 Å².